The predicted molar refractivity (Wildman–Crippen MR) is 104 cm³/mol. The van der Waals surface area contributed by atoms with Gasteiger partial charge in [0.25, 0.3) is 0 Å². The van der Waals surface area contributed by atoms with Crippen molar-refractivity contribution < 1.29 is 0 Å². The maximum atomic E-state index is 4.59. The van der Waals surface area contributed by atoms with Gasteiger partial charge in [-0.3, -0.25) is 0 Å². The Bertz CT molecular complexity index is 1060. The third-order valence-corrected chi connectivity index (χ3v) is 4.47. The Kier molecular flexibility index (Phi) is 4.17. The summed E-state index contributed by atoms with van der Waals surface area (Å²) in [5.41, 5.74) is 7.93. The summed E-state index contributed by atoms with van der Waals surface area (Å²) in [6.07, 6.45) is 2.87. The van der Waals surface area contributed by atoms with E-state index in [0.717, 1.165) is 34.9 Å². The van der Waals surface area contributed by atoms with E-state index in [2.05, 4.69) is 71.7 Å². The van der Waals surface area contributed by atoms with Crippen LogP contribution in [0.25, 0.3) is 11.4 Å². The number of nitrogens with zero attached hydrogens (tertiary/aromatic N) is 4. The molecule has 4 heteroatoms. The van der Waals surface area contributed by atoms with Gasteiger partial charge in [-0.05, 0) is 74.7 Å². The monoisotopic (exact) mass is 342 g/mol. The number of hydrogen-bond acceptors (Lipinski definition) is 2. The van der Waals surface area contributed by atoms with Crippen LogP contribution >= 0.6 is 0 Å². The van der Waals surface area contributed by atoms with Crippen LogP contribution in [0.4, 0.5) is 0 Å². The molecule has 0 spiro atoms. The van der Waals surface area contributed by atoms with Gasteiger partial charge in [0.2, 0.25) is 0 Å². The molecule has 4 aromatic rings. The minimum Gasteiger partial charge on any atom is -0.241 e. The van der Waals surface area contributed by atoms with Crippen molar-refractivity contribution in [3.63, 3.8) is 0 Å². The lowest BCUT2D eigenvalue weighted by Gasteiger charge is -2.09. The van der Waals surface area contributed by atoms with Gasteiger partial charge in [-0.1, -0.05) is 24.3 Å². The van der Waals surface area contributed by atoms with Crippen molar-refractivity contribution in [1.82, 2.24) is 19.6 Å². The van der Waals surface area contributed by atoms with Crippen LogP contribution in [-0.2, 0) is 6.42 Å². The Morgan fingerprint density at radius 3 is 2.04 bits per heavy atom. The van der Waals surface area contributed by atoms with Gasteiger partial charge in [-0.15, -0.1) is 0 Å². The van der Waals surface area contributed by atoms with E-state index in [0.29, 0.717) is 0 Å². The molecule has 0 saturated carbocycles. The molecule has 2 aromatic heterocycles. The summed E-state index contributed by atoms with van der Waals surface area (Å²) in [5, 5.41) is 9.09. The van der Waals surface area contributed by atoms with Crippen molar-refractivity contribution in [2.75, 3.05) is 0 Å². The molecule has 0 radical (unpaired) electrons. The molecule has 0 amide bonds. The fourth-order valence-electron chi connectivity index (χ4n) is 3.29. The Balaban J connectivity index is 1.62. The Morgan fingerprint density at radius 2 is 1.42 bits per heavy atom. The molecule has 0 N–H and O–H groups in total. The fourth-order valence-corrected chi connectivity index (χ4v) is 3.29. The zero-order valence-corrected chi connectivity index (χ0v) is 15.3. The molecule has 0 aliphatic rings. The highest BCUT2D eigenvalue weighted by Crippen LogP contribution is 2.18. The highest BCUT2D eigenvalue weighted by atomic mass is 15.3. The van der Waals surface area contributed by atoms with E-state index in [-0.39, 0.29) is 0 Å². The average Bonchev–Trinajstić information content (AvgIpc) is 3.20. The highest BCUT2D eigenvalue weighted by molar-refractivity contribution is 5.41. The van der Waals surface area contributed by atoms with Crippen LogP contribution in [0.1, 0.15) is 28.2 Å². The lowest BCUT2D eigenvalue weighted by molar-refractivity contribution is 0.831. The van der Waals surface area contributed by atoms with Gasteiger partial charge in [-0.25, -0.2) is 9.36 Å². The molecule has 2 heterocycles. The first-order valence-corrected chi connectivity index (χ1v) is 8.83. The molecule has 130 valence electrons. The van der Waals surface area contributed by atoms with Gasteiger partial charge in [0.1, 0.15) is 0 Å². The van der Waals surface area contributed by atoms with Gasteiger partial charge in [0.05, 0.1) is 22.8 Å². The third kappa shape index (κ3) is 3.31. The van der Waals surface area contributed by atoms with Crippen molar-refractivity contribution in [2.45, 2.75) is 27.2 Å². The molecule has 0 bridgehead atoms. The van der Waals surface area contributed by atoms with Gasteiger partial charge >= 0.3 is 0 Å². The van der Waals surface area contributed by atoms with E-state index in [1.165, 1.54) is 11.1 Å². The van der Waals surface area contributed by atoms with Gasteiger partial charge in [0.15, 0.2) is 0 Å². The van der Waals surface area contributed by atoms with E-state index >= 15 is 0 Å². The normalized spacial score (nSPS) is 11.0. The molecule has 0 unspecified atom stereocenters. The number of hydrogen-bond donors (Lipinski definition) is 0. The number of aromatic nitrogens is 4. The van der Waals surface area contributed by atoms with Gasteiger partial charge < -0.3 is 0 Å². The molecule has 2 aromatic carbocycles. The molecule has 4 rings (SSSR count). The Hall–Kier alpha value is -3.14. The van der Waals surface area contributed by atoms with Crippen molar-refractivity contribution in [3.05, 3.63) is 95.1 Å². The average molecular weight is 342 g/mol. The second kappa shape index (κ2) is 6.64. The topological polar surface area (TPSA) is 35.6 Å². The minimum absolute atomic E-state index is 0.876. The number of rotatable bonds is 4. The van der Waals surface area contributed by atoms with Gasteiger partial charge in [-0.2, -0.15) is 10.2 Å². The largest absolute Gasteiger partial charge is 0.241 e. The predicted octanol–water partition coefficient (Wildman–Crippen LogP) is 4.57. The summed E-state index contributed by atoms with van der Waals surface area (Å²) in [4.78, 5) is 0. The van der Waals surface area contributed by atoms with Crippen molar-refractivity contribution in [2.24, 2.45) is 0 Å². The Labute approximate surface area is 153 Å². The van der Waals surface area contributed by atoms with Crippen molar-refractivity contribution in [1.29, 1.82) is 0 Å². The van der Waals surface area contributed by atoms with Crippen molar-refractivity contribution in [3.8, 4) is 11.4 Å². The quantitative estimate of drug-likeness (QED) is 0.544. The van der Waals surface area contributed by atoms with E-state index in [1.807, 2.05) is 35.5 Å². The van der Waals surface area contributed by atoms with E-state index in [4.69, 9.17) is 0 Å². The highest BCUT2D eigenvalue weighted by Gasteiger charge is 2.06. The van der Waals surface area contributed by atoms with Crippen LogP contribution in [-0.4, -0.2) is 19.6 Å². The lowest BCUT2D eigenvalue weighted by atomic mass is 10.0. The fraction of sp³-hybridized carbons (Fsp3) is 0.182. The van der Waals surface area contributed by atoms with Crippen LogP contribution in [0.5, 0.6) is 0 Å². The number of benzene rings is 2. The molecule has 0 aliphatic heterocycles. The first kappa shape index (κ1) is 16.3. The summed E-state index contributed by atoms with van der Waals surface area (Å²) in [7, 11) is 0. The lowest BCUT2D eigenvalue weighted by Crippen LogP contribution is -2.00. The first-order chi connectivity index (χ1) is 12.6. The van der Waals surface area contributed by atoms with Crippen LogP contribution in [0.15, 0.2) is 66.9 Å². The second-order valence-corrected chi connectivity index (χ2v) is 6.76. The van der Waals surface area contributed by atoms with E-state index < -0.39 is 0 Å². The minimum atomic E-state index is 0.876. The van der Waals surface area contributed by atoms with Gasteiger partial charge in [0, 0.05) is 11.9 Å². The molecular formula is C22H22N4. The molecule has 0 atom stereocenters. The standard InChI is InChI=1S/C22H22N4/c1-16-10-11-25(23-16)21-8-4-6-19(14-21)13-20-7-5-9-22(15-20)26-18(3)12-17(2)24-26/h4-12,14-15H,13H2,1-3H3. The second-order valence-electron chi connectivity index (χ2n) is 6.76. The molecular weight excluding hydrogens is 320 g/mol. The summed E-state index contributed by atoms with van der Waals surface area (Å²) in [6.45, 7) is 6.11. The van der Waals surface area contributed by atoms with Crippen LogP contribution in [0.3, 0.4) is 0 Å². The SMILES string of the molecule is Cc1ccn(-c2cccc(Cc3cccc(-n4nc(C)cc4C)c3)c2)n1. The zero-order chi connectivity index (χ0) is 18.1. The third-order valence-electron chi connectivity index (χ3n) is 4.47. The maximum absolute atomic E-state index is 4.59. The molecule has 4 nitrogen and oxygen atoms in total. The summed E-state index contributed by atoms with van der Waals surface area (Å²) in [5.74, 6) is 0. The number of aryl methyl sites for hydroxylation is 3. The maximum Gasteiger partial charge on any atom is 0.0651 e. The Morgan fingerprint density at radius 1 is 0.731 bits per heavy atom. The summed E-state index contributed by atoms with van der Waals surface area (Å²) in [6, 6.07) is 21.2. The molecule has 0 saturated heterocycles. The molecule has 0 aliphatic carbocycles. The molecule has 26 heavy (non-hydrogen) atoms. The van der Waals surface area contributed by atoms with Crippen LogP contribution in [0.2, 0.25) is 0 Å². The summed E-state index contributed by atoms with van der Waals surface area (Å²) >= 11 is 0. The first-order valence-electron chi connectivity index (χ1n) is 8.83. The van der Waals surface area contributed by atoms with Crippen LogP contribution < -0.4 is 0 Å². The molecule has 0 fully saturated rings. The zero-order valence-electron chi connectivity index (χ0n) is 15.3. The van der Waals surface area contributed by atoms with Crippen molar-refractivity contribution >= 4 is 0 Å². The van der Waals surface area contributed by atoms with Crippen LogP contribution in [0, 0.1) is 20.8 Å². The smallest absolute Gasteiger partial charge is 0.0651 e. The van der Waals surface area contributed by atoms with E-state index in [1.54, 1.807) is 0 Å². The summed E-state index contributed by atoms with van der Waals surface area (Å²) < 4.78 is 3.92. The van der Waals surface area contributed by atoms with E-state index in [9.17, 15) is 0 Å².